The number of benzene rings is 2. The number of para-hydroxylation sites is 1. The summed E-state index contributed by atoms with van der Waals surface area (Å²) in [6.45, 7) is 6.44. The molecule has 1 unspecified atom stereocenters. The van der Waals surface area contributed by atoms with Gasteiger partial charge in [0.25, 0.3) is 5.91 Å². The third-order valence-electron chi connectivity index (χ3n) is 4.80. The number of carbonyl (C=O) groups is 2. The summed E-state index contributed by atoms with van der Waals surface area (Å²) < 4.78 is 0. The highest BCUT2D eigenvalue weighted by Gasteiger charge is 2.20. The summed E-state index contributed by atoms with van der Waals surface area (Å²) in [5, 5.41) is 3.02. The van der Waals surface area contributed by atoms with Crippen molar-refractivity contribution < 1.29 is 9.59 Å². The van der Waals surface area contributed by atoms with Crippen molar-refractivity contribution in [2.45, 2.75) is 33.4 Å². The maximum absolute atomic E-state index is 12.7. The number of hydrogen-bond acceptors (Lipinski definition) is 3. The minimum Gasteiger partial charge on any atom is -0.347 e. The molecule has 0 heterocycles. The first kappa shape index (κ1) is 20.6. The van der Waals surface area contributed by atoms with Crippen LogP contribution in [0.5, 0.6) is 0 Å². The molecule has 0 spiro atoms. The van der Waals surface area contributed by atoms with Crippen molar-refractivity contribution in [1.82, 2.24) is 9.80 Å². The van der Waals surface area contributed by atoms with Gasteiger partial charge in [-0.1, -0.05) is 30.3 Å². The van der Waals surface area contributed by atoms with Crippen LogP contribution < -0.4 is 5.32 Å². The Labute approximate surface area is 162 Å². The second-order valence-corrected chi connectivity index (χ2v) is 7.25. The maximum Gasteiger partial charge on any atom is 0.255 e. The van der Waals surface area contributed by atoms with Crippen molar-refractivity contribution in [3.8, 4) is 0 Å². The molecule has 2 aromatic rings. The van der Waals surface area contributed by atoms with Gasteiger partial charge in [-0.3, -0.25) is 14.5 Å². The first-order chi connectivity index (χ1) is 12.7. The Hall–Kier alpha value is -2.66. The normalized spacial score (nSPS) is 12.0. The van der Waals surface area contributed by atoms with E-state index in [1.807, 2.05) is 69.1 Å². The van der Waals surface area contributed by atoms with Gasteiger partial charge in [0, 0.05) is 31.9 Å². The summed E-state index contributed by atoms with van der Waals surface area (Å²) in [6.07, 6.45) is 0. The largest absolute Gasteiger partial charge is 0.347 e. The molecule has 0 aliphatic rings. The number of likely N-dealkylation sites (N-methyl/N-ethyl adjacent to an activating group) is 2. The van der Waals surface area contributed by atoms with Crippen LogP contribution in [0.25, 0.3) is 0 Å². The standard InChI is InChI=1S/C22H29N3O2/c1-15-9-7-10-16(2)20(15)23-21(26)19-12-8-11-18(13-19)14-25(6)17(3)22(27)24(4)5/h7-13,17H,14H2,1-6H3,(H,23,26). The van der Waals surface area contributed by atoms with Crippen LogP contribution in [-0.2, 0) is 11.3 Å². The molecule has 2 aromatic carbocycles. The van der Waals surface area contributed by atoms with Crippen molar-refractivity contribution >= 4 is 17.5 Å². The van der Waals surface area contributed by atoms with Gasteiger partial charge in [-0.05, 0) is 56.6 Å². The van der Waals surface area contributed by atoms with E-state index in [1.165, 1.54) is 0 Å². The van der Waals surface area contributed by atoms with Crippen LogP contribution in [-0.4, -0.2) is 48.8 Å². The van der Waals surface area contributed by atoms with Crippen LogP contribution in [0, 0.1) is 13.8 Å². The van der Waals surface area contributed by atoms with Gasteiger partial charge in [0.05, 0.1) is 6.04 Å². The van der Waals surface area contributed by atoms with Crippen LogP contribution in [0.3, 0.4) is 0 Å². The number of carbonyl (C=O) groups excluding carboxylic acids is 2. The molecule has 1 N–H and O–H groups in total. The molecular weight excluding hydrogens is 338 g/mol. The molecule has 0 saturated heterocycles. The van der Waals surface area contributed by atoms with E-state index in [0.29, 0.717) is 12.1 Å². The molecule has 0 aliphatic heterocycles. The summed E-state index contributed by atoms with van der Waals surface area (Å²) in [5.41, 5.74) is 4.53. The fourth-order valence-electron chi connectivity index (χ4n) is 3.00. The fourth-order valence-corrected chi connectivity index (χ4v) is 3.00. The molecule has 1 atom stereocenters. The fraction of sp³-hybridized carbons (Fsp3) is 0.364. The third-order valence-corrected chi connectivity index (χ3v) is 4.80. The van der Waals surface area contributed by atoms with Crippen molar-refractivity contribution in [3.63, 3.8) is 0 Å². The highest BCUT2D eigenvalue weighted by atomic mass is 16.2. The molecular formula is C22H29N3O2. The summed E-state index contributed by atoms with van der Waals surface area (Å²) in [6, 6.07) is 13.3. The molecule has 27 heavy (non-hydrogen) atoms. The van der Waals surface area contributed by atoms with Crippen LogP contribution in [0.4, 0.5) is 5.69 Å². The first-order valence-electron chi connectivity index (χ1n) is 9.08. The van der Waals surface area contributed by atoms with Gasteiger partial charge in [0.15, 0.2) is 0 Å². The molecule has 0 radical (unpaired) electrons. The highest BCUT2D eigenvalue weighted by molar-refractivity contribution is 6.05. The summed E-state index contributed by atoms with van der Waals surface area (Å²) in [7, 11) is 5.42. The number of hydrogen-bond donors (Lipinski definition) is 1. The Morgan fingerprint density at radius 1 is 1.00 bits per heavy atom. The predicted molar refractivity (Wildman–Crippen MR) is 110 cm³/mol. The van der Waals surface area contributed by atoms with E-state index in [0.717, 1.165) is 22.4 Å². The number of amides is 2. The zero-order valence-electron chi connectivity index (χ0n) is 17.0. The quantitative estimate of drug-likeness (QED) is 0.851. The monoisotopic (exact) mass is 367 g/mol. The Balaban J connectivity index is 2.13. The second-order valence-electron chi connectivity index (χ2n) is 7.25. The number of nitrogens with one attached hydrogen (secondary N) is 1. The van der Waals surface area contributed by atoms with Gasteiger partial charge in [-0.2, -0.15) is 0 Å². The number of nitrogens with zero attached hydrogens (tertiary/aromatic N) is 2. The highest BCUT2D eigenvalue weighted by Crippen LogP contribution is 2.20. The van der Waals surface area contributed by atoms with E-state index < -0.39 is 0 Å². The smallest absolute Gasteiger partial charge is 0.255 e. The summed E-state index contributed by atoms with van der Waals surface area (Å²) >= 11 is 0. The Morgan fingerprint density at radius 2 is 1.59 bits per heavy atom. The van der Waals surface area contributed by atoms with Crippen LogP contribution >= 0.6 is 0 Å². The van der Waals surface area contributed by atoms with Gasteiger partial charge in [-0.25, -0.2) is 0 Å². The molecule has 0 aromatic heterocycles. The van der Waals surface area contributed by atoms with Crippen molar-refractivity contribution in [1.29, 1.82) is 0 Å². The van der Waals surface area contributed by atoms with Crippen molar-refractivity contribution in [2.75, 3.05) is 26.5 Å². The van der Waals surface area contributed by atoms with Gasteiger partial charge in [0.1, 0.15) is 0 Å². The lowest BCUT2D eigenvalue weighted by atomic mass is 10.1. The van der Waals surface area contributed by atoms with Crippen molar-refractivity contribution in [2.24, 2.45) is 0 Å². The topological polar surface area (TPSA) is 52.7 Å². The van der Waals surface area contributed by atoms with Crippen LogP contribution in [0.2, 0.25) is 0 Å². The molecule has 0 saturated carbocycles. The maximum atomic E-state index is 12.7. The molecule has 5 heteroatoms. The lowest BCUT2D eigenvalue weighted by molar-refractivity contribution is -0.133. The van der Waals surface area contributed by atoms with E-state index in [2.05, 4.69) is 5.32 Å². The van der Waals surface area contributed by atoms with Gasteiger partial charge in [-0.15, -0.1) is 0 Å². The summed E-state index contributed by atoms with van der Waals surface area (Å²) in [5.74, 6) is -0.0734. The molecule has 0 aliphatic carbocycles. The van der Waals surface area contributed by atoms with Gasteiger partial charge in [0.2, 0.25) is 5.91 Å². The molecule has 0 fully saturated rings. The van der Waals surface area contributed by atoms with E-state index >= 15 is 0 Å². The first-order valence-corrected chi connectivity index (χ1v) is 9.08. The zero-order chi connectivity index (χ0) is 20.1. The number of rotatable bonds is 6. The number of anilines is 1. The predicted octanol–water partition coefficient (Wildman–Crippen LogP) is 3.46. The minimum atomic E-state index is -0.230. The van der Waals surface area contributed by atoms with E-state index in [-0.39, 0.29) is 17.9 Å². The number of aryl methyl sites for hydroxylation is 2. The molecule has 5 nitrogen and oxygen atoms in total. The summed E-state index contributed by atoms with van der Waals surface area (Å²) in [4.78, 5) is 28.4. The Kier molecular flexibility index (Phi) is 6.75. The van der Waals surface area contributed by atoms with Gasteiger partial charge >= 0.3 is 0 Å². The average molecular weight is 367 g/mol. The molecule has 2 rings (SSSR count). The Bertz CT molecular complexity index is 810. The average Bonchev–Trinajstić information content (AvgIpc) is 2.63. The molecule has 144 valence electrons. The van der Waals surface area contributed by atoms with E-state index in [1.54, 1.807) is 25.1 Å². The lowest BCUT2D eigenvalue weighted by Crippen LogP contribution is -2.42. The minimum absolute atomic E-state index is 0.0569. The SMILES string of the molecule is Cc1cccc(C)c1NC(=O)c1cccc(CN(C)C(C)C(=O)N(C)C)c1. The zero-order valence-corrected chi connectivity index (χ0v) is 17.0. The van der Waals surface area contributed by atoms with Crippen LogP contribution in [0.15, 0.2) is 42.5 Å². The molecule has 2 amide bonds. The van der Waals surface area contributed by atoms with E-state index in [9.17, 15) is 9.59 Å². The molecule has 0 bridgehead atoms. The van der Waals surface area contributed by atoms with E-state index in [4.69, 9.17) is 0 Å². The van der Waals surface area contributed by atoms with Crippen molar-refractivity contribution in [3.05, 3.63) is 64.7 Å². The lowest BCUT2D eigenvalue weighted by Gasteiger charge is -2.26. The van der Waals surface area contributed by atoms with Gasteiger partial charge < -0.3 is 10.2 Å². The second kappa shape index (κ2) is 8.82. The third kappa shape index (κ3) is 5.17. The Morgan fingerprint density at radius 3 is 2.19 bits per heavy atom. The van der Waals surface area contributed by atoms with Crippen LogP contribution in [0.1, 0.15) is 34.0 Å².